The van der Waals surface area contributed by atoms with Crippen LogP contribution in [0, 0.1) is 0 Å². The summed E-state index contributed by atoms with van der Waals surface area (Å²) < 4.78 is 5.27. The maximum atomic E-state index is 5.55. The number of nitrogens with zero attached hydrogens (tertiary/aromatic N) is 3. The van der Waals surface area contributed by atoms with Crippen LogP contribution in [0.2, 0.25) is 0 Å². The highest BCUT2D eigenvalue weighted by molar-refractivity contribution is 5.81. The lowest BCUT2D eigenvalue weighted by Crippen LogP contribution is -1.86. The van der Waals surface area contributed by atoms with Crippen molar-refractivity contribution in [2.24, 2.45) is 0 Å². The van der Waals surface area contributed by atoms with Crippen LogP contribution in [0.25, 0.3) is 33.7 Å². The molecule has 0 atom stereocenters. The minimum Gasteiger partial charge on any atom is -0.424 e. The van der Waals surface area contributed by atoms with Crippen molar-refractivity contribution in [3.05, 3.63) is 48.9 Å². The summed E-state index contributed by atoms with van der Waals surface area (Å²) in [6.45, 7) is 0. The molecule has 0 saturated heterocycles. The van der Waals surface area contributed by atoms with Crippen molar-refractivity contribution >= 4 is 17.1 Å². The van der Waals surface area contributed by atoms with Crippen LogP contribution in [-0.4, -0.2) is 19.9 Å². The molecule has 0 unspecified atom stereocenters. The number of nitrogen functional groups attached to an aromatic ring is 1. The van der Waals surface area contributed by atoms with E-state index in [0.29, 0.717) is 5.58 Å². The largest absolute Gasteiger partial charge is 0.424 e. The van der Waals surface area contributed by atoms with Crippen LogP contribution in [-0.2, 0) is 0 Å². The topological polar surface area (TPSA) is 93.6 Å². The second-order valence-electron chi connectivity index (χ2n) is 4.60. The summed E-state index contributed by atoms with van der Waals surface area (Å²) in [6.07, 6.45) is 5.28. The molecule has 6 nitrogen and oxygen atoms in total. The summed E-state index contributed by atoms with van der Waals surface area (Å²) in [5, 5.41) is 0. The molecule has 0 fully saturated rings. The molecule has 3 heterocycles. The zero-order valence-corrected chi connectivity index (χ0v) is 10.9. The van der Waals surface area contributed by atoms with Crippen LogP contribution in [0.4, 0.5) is 6.01 Å². The van der Waals surface area contributed by atoms with E-state index in [1.165, 1.54) is 0 Å². The van der Waals surface area contributed by atoms with E-state index < -0.39 is 0 Å². The first-order valence-corrected chi connectivity index (χ1v) is 6.42. The van der Waals surface area contributed by atoms with Gasteiger partial charge in [0.1, 0.15) is 11.2 Å². The Balaban J connectivity index is 1.74. The summed E-state index contributed by atoms with van der Waals surface area (Å²) in [7, 11) is 0. The molecule has 0 aliphatic rings. The van der Waals surface area contributed by atoms with Crippen LogP contribution in [0.1, 0.15) is 0 Å². The summed E-state index contributed by atoms with van der Waals surface area (Å²) in [5.74, 6) is 0.751. The zero-order chi connectivity index (χ0) is 14.2. The summed E-state index contributed by atoms with van der Waals surface area (Å²) in [5.41, 5.74) is 9.77. The number of hydrogen-bond acceptors (Lipinski definition) is 5. The van der Waals surface area contributed by atoms with E-state index in [-0.39, 0.29) is 6.01 Å². The molecule has 0 saturated carbocycles. The summed E-state index contributed by atoms with van der Waals surface area (Å²) in [6, 6.07) is 9.84. The van der Waals surface area contributed by atoms with Gasteiger partial charge in [0.05, 0.1) is 0 Å². The van der Waals surface area contributed by atoms with Crippen molar-refractivity contribution in [2.45, 2.75) is 0 Å². The first kappa shape index (κ1) is 11.7. The second-order valence-corrected chi connectivity index (χ2v) is 4.60. The van der Waals surface area contributed by atoms with Crippen molar-refractivity contribution in [2.75, 3.05) is 5.73 Å². The fourth-order valence-electron chi connectivity index (χ4n) is 2.23. The van der Waals surface area contributed by atoms with E-state index in [1.54, 1.807) is 12.4 Å². The maximum Gasteiger partial charge on any atom is 0.292 e. The average Bonchev–Trinajstić information content (AvgIpc) is 3.15. The van der Waals surface area contributed by atoms with Crippen LogP contribution in [0.5, 0.6) is 0 Å². The number of nitrogens with one attached hydrogen (secondary N) is 1. The zero-order valence-electron chi connectivity index (χ0n) is 10.9. The number of pyridine rings is 1. The molecular weight excluding hydrogens is 266 g/mol. The lowest BCUT2D eigenvalue weighted by molar-refractivity contribution is 0.626. The minimum atomic E-state index is 0.174. The fraction of sp³-hybridized carbons (Fsp3) is 0. The van der Waals surface area contributed by atoms with E-state index in [2.05, 4.69) is 19.9 Å². The third-order valence-electron chi connectivity index (χ3n) is 3.24. The molecule has 0 aliphatic heterocycles. The number of oxazole rings is 1. The highest BCUT2D eigenvalue weighted by Crippen LogP contribution is 2.25. The third-order valence-corrected chi connectivity index (χ3v) is 3.24. The van der Waals surface area contributed by atoms with Gasteiger partial charge in [0.15, 0.2) is 11.4 Å². The van der Waals surface area contributed by atoms with Gasteiger partial charge in [-0.1, -0.05) is 12.1 Å². The molecule has 3 N–H and O–H groups in total. The van der Waals surface area contributed by atoms with Gasteiger partial charge < -0.3 is 15.1 Å². The Hall–Kier alpha value is -3.15. The van der Waals surface area contributed by atoms with Gasteiger partial charge in [-0.2, -0.15) is 4.98 Å². The van der Waals surface area contributed by atoms with Crippen molar-refractivity contribution in [3.63, 3.8) is 0 Å². The van der Waals surface area contributed by atoms with Crippen LogP contribution < -0.4 is 5.73 Å². The SMILES string of the molecule is Nc1nc2cc(-c3ccc(-c4ncc[nH]4)nc3)ccc2o1. The first-order valence-electron chi connectivity index (χ1n) is 6.42. The Kier molecular flexibility index (Phi) is 2.47. The number of rotatable bonds is 2. The number of anilines is 1. The molecule has 0 bridgehead atoms. The molecule has 0 aliphatic carbocycles. The van der Waals surface area contributed by atoms with E-state index in [0.717, 1.165) is 28.2 Å². The number of nitrogens with two attached hydrogens (primary N) is 1. The molecule has 4 aromatic rings. The number of H-pyrrole nitrogens is 1. The van der Waals surface area contributed by atoms with Crippen molar-refractivity contribution in [3.8, 4) is 22.6 Å². The highest BCUT2D eigenvalue weighted by Gasteiger charge is 2.07. The molecule has 0 amide bonds. The molecule has 6 heteroatoms. The predicted molar refractivity (Wildman–Crippen MR) is 79.2 cm³/mol. The Morgan fingerprint density at radius 2 is 1.95 bits per heavy atom. The van der Waals surface area contributed by atoms with Gasteiger partial charge in [-0.25, -0.2) is 4.98 Å². The molecule has 3 aromatic heterocycles. The molecule has 1 aromatic carbocycles. The average molecular weight is 277 g/mol. The Morgan fingerprint density at radius 1 is 1.05 bits per heavy atom. The monoisotopic (exact) mass is 277 g/mol. The van der Waals surface area contributed by atoms with Crippen LogP contribution >= 0.6 is 0 Å². The smallest absolute Gasteiger partial charge is 0.292 e. The molecule has 0 spiro atoms. The summed E-state index contributed by atoms with van der Waals surface area (Å²) >= 11 is 0. The van der Waals surface area contributed by atoms with E-state index in [1.807, 2.05) is 36.5 Å². The van der Waals surface area contributed by atoms with Gasteiger partial charge in [0, 0.05) is 24.2 Å². The van der Waals surface area contributed by atoms with Gasteiger partial charge in [-0.15, -0.1) is 0 Å². The first-order chi connectivity index (χ1) is 10.3. The third kappa shape index (κ3) is 2.02. The van der Waals surface area contributed by atoms with Crippen molar-refractivity contribution < 1.29 is 4.42 Å². The Morgan fingerprint density at radius 3 is 2.71 bits per heavy atom. The predicted octanol–water partition coefficient (Wildman–Crippen LogP) is 2.86. The number of benzene rings is 1. The van der Waals surface area contributed by atoms with Crippen LogP contribution in [0.15, 0.2) is 53.3 Å². The normalized spacial score (nSPS) is 11.0. The van der Waals surface area contributed by atoms with Crippen molar-refractivity contribution in [1.29, 1.82) is 0 Å². The lowest BCUT2D eigenvalue weighted by Gasteiger charge is -2.02. The van der Waals surface area contributed by atoms with Gasteiger partial charge in [0.2, 0.25) is 0 Å². The number of hydrogen-bond donors (Lipinski definition) is 2. The molecule has 21 heavy (non-hydrogen) atoms. The minimum absolute atomic E-state index is 0.174. The molecule has 102 valence electrons. The van der Waals surface area contributed by atoms with Gasteiger partial charge >= 0.3 is 0 Å². The molecule has 0 radical (unpaired) electrons. The van der Waals surface area contributed by atoms with Crippen LogP contribution in [0.3, 0.4) is 0 Å². The van der Waals surface area contributed by atoms with Gasteiger partial charge in [-0.3, -0.25) is 4.98 Å². The number of fused-ring (bicyclic) bond motifs is 1. The standard InChI is InChI=1S/C15H11N5O/c16-15-20-12-7-9(2-4-13(12)21-15)10-1-3-11(19-8-10)14-17-5-6-18-14/h1-8H,(H2,16,20)(H,17,18). The van der Waals surface area contributed by atoms with E-state index in [9.17, 15) is 0 Å². The summed E-state index contributed by atoms with van der Waals surface area (Å²) in [4.78, 5) is 15.8. The fourth-order valence-corrected chi connectivity index (χ4v) is 2.23. The van der Waals surface area contributed by atoms with E-state index >= 15 is 0 Å². The number of aromatic amines is 1. The molecular formula is C15H11N5O. The Bertz CT molecular complexity index is 894. The van der Waals surface area contributed by atoms with Gasteiger partial charge in [0.25, 0.3) is 6.01 Å². The number of imidazole rings is 1. The second kappa shape index (κ2) is 4.45. The van der Waals surface area contributed by atoms with Crippen molar-refractivity contribution in [1.82, 2.24) is 19.9 Å². The Labute approximate surface area is 119 Å². The lowest BCUT2D eigenvalue weighted by atomic mass is 10.1. The van der Waals surface area contributed by atoms with E-state index in [4.69, 9.17) is 10.2 Å². The number of aromatic nitrogens is 4. The molecule has 4 rings (SSSR count). The maximum absolute atomic E-state index is 5.55. The van der Waals surface area contributed by atoms with Gasteiger partial charge in [-0.05, 0) is 23.8 Å². The quantitative estimate of drug-likeness (QED) is 0.587. The highest BCUT2D eigenvalue weighted by atomic mass is 16.4.